The van der Waals surface area contributed by atoms with Gasteiger partial charge in [0.1, 0.15) is 0 Å². The van der Waals surface area contributed by atoms with E-state index in [-0.39, 0.29) is 42.2 Å². The third kappa shape index (κ3) is 7.83. The lowest BCUT2D eigenvalue weighted by molar-refractivity contribution is -0.125. The number of likely N-dealkylation sites (tertiary alicyclic amines) is 1. The number of rotatable bonds is 4. The lowest BCUT2D eigenvalue weighted by atomic mass is 9.86. The third-order valence-electron chi connectivity index (χ3n) is 4.47. The van der Waals surface area contributed by atoms with Crippen molar-refractivity contribution in [2.45, 2.75) is 52.2 Å². The Kier molecular flexibility index (Phi) is 10.6. The molecule has 1 aromatic rings. The minimum absolute atomic E-state index is 0. The van der Waals surface area contributed by atoms with Crippen molar-refractivity contribution in [2.75, 3.05) is 13.1 Å². The summed E-state index contributed by atoms with van der Waals surface area (Å²) in [6.07, 6.45) is 1.97. The summed E-state index contributed by atoms with van der Waals surface area (Å²) in [5.74, 6) is -0.0242. The highest BCUT2D eigenvalue weighted by molar-refractivity contribution is 9.10. The molecule has 0 spiro atoms. The summed E-state index contributed by atoms with van der Waals surface area (Å²) >= 11 is 3.46. The van der Waals surface area contributed by atoms with Crippen LogP contribution in [0.25, 0.3) is 0 Å². The van der Waals surface area contributed by atoms with Crippen LogP contribution in [0.2, 0.25) is 0 Å². The molecule has 1 amide bonds. The minimum Gasteiger partial charge on any atom is -0.352 e. The average Bonchev–Trinajstić information content (AvgIpc) is 2.50. The molecule has 1 atom stereocenters. The molecule has 0 saturated carbocycles. The molecule has 1 aromatic carbocycles. The first kappa shape index (κ1) is 24.7. The summed E-state index contributed by atoms with van der Waals surface area (Å²) in [5.41, 5.74) is 7.15. The standard InChI is InChI=1S/C18H28BrN3O.2ClH/c1-18(2,3)16(20)17(23)21-15-8-10-22(11-9-15)12-13-4-6-14(19)7-5-13;;/h4-7,15-16H,8-12,20H2,1-3H3,(H,21,23);2*1H/t16-;;/m1../s1. The van der Waals surface area contributed by atoms with E-state index in [0.717, 1.165) is 36.9 Å². The highest BCUT2D eigenvalue weighted by atomic mass is 79.9. The van der Waals surface area contributed by atoms with Crippen molar-refractivity contribution in [3.8, 4) is 0 Å². The summed E-state index contributed by atoms with van der Waals surface area (Å²) in [7, 11) is 0. The van der Waals surface area contributed by atoms with Crippen molar-refractivity contribution in [2.24, 2.45) is 11.1 Å². The van der Waals surface area contributed by atoms with E-state index in [0.29, 0.717) is 0 Å². The smallest absolute Gasteiger partial charge is 0.237 e. The van der Waals surface area contributed by atoms with Crippen LogP contribution in [0.15, 0.2) is 28.7 Å². The summed E-state index contributed by atoms with van der Waals surface area (Å²) < 4.78 is 1.11. The molecule has 144 valence electrons. The highest BCUT2D eigenvalue weighted by Gasteiger charge is 2.29. The van der Waals surface area contributed by atoms with Crippen LogP contribution in [0.5, 0.6) is 0 Å². The molecule has 1 aliphatic heterocycles. The van der Waals surface area contributed by atoms with E-state index in [2.05, 4.69) is 50.4 Å². The van der Waals surface area contributed by atoms with Gasteiger partial charge in [0.25, 0.3) is 0 Å². The summed E-state index contributed by atoms with van der Waals surface area (Å²) in [4.78, 5) is 14.6. The van der Waals surface area contributed by atoms with Crippen molar-refractivity contribution in [3.05, 3.63) is 34.3 Å². The van der Waals surface area contributed by atoms with Gasteiger partial charge in [-0.1, -0.05) is 48.8 Å². The van der Waals surface area contributed by atoms with Crippen LogP contribution in [0.1, 0.15) is 39.2 Å². The number of hydrogen-bond acceptors (Lipinski definition) is 3. The molecule has 0 aliphatic carbocycles. The number of nitrogens with two attached hydrogens (primary N) is 1. The maximum atomic E-state index is 12.2. The molecule has 0 bridgehead atoms. The first-order valence-corrected chi connectivity index (χ1v) is 9.08. The fourth-order valence-electron chi connectivity index (χ4n) is 2.77. The number of nitrogens with one attached hydrogen (secondary N) is 1. The van der Waals surface area contributed by atoms with Crippen LogP contribution in [0.4, 0.5) is 0 Å². The van der Waals surface area contributed by atoms with E-state index in [4.69, 9.17) is 5.73 Å². The van der Waals surface area contributed by atoms with Gasteiger partial charge in [0.2, 0.25) is 5.91 Å². The van der Waals surface area contributed by atoms with Gasteiger partial charge in [-0.2, -0.15) is 0 Å². The lowest BCUT2D eigenvalue weighted by Gasteiger charge is -2.34. The predicted octanol–water partition coefficient (Wildman–Crippen LogP) is 3.75. The first-order chi connectivity index (χ1) is 10.8. The zero-order valence-corrected chi connectivity index (χ0v) is 18.3. The number of benzene rings is 1. The second-order valence-electron chi connectivity index (χ2n) is 7.53. The van der Waals surface area contributed by atoms with Gasteiger partial charge in [-0.25, -0.2) is 0 Å². The van der Waals surface area contributed by atoms with Crippen LogP contribution >= 0.6 is 40.7 Å². The SMILES string of the molecule is CC(C)(C)[C@H](N)C(=O)NC1CCN(Cc2ccc(Br)cc2)CC1.Cl.Cl. The molecule has 25 heavy (non-hydrogen) atoms. The Morgan fingerprint density at radius 1 is 1.24 bits per heavy atom. The van der Waals surface area contributed by atoms with Crippen LogP contribution in [-0.2, 0) is 11.3 Å². The zero-order chi connectivity index (χ0) is 17.0. The highest BCUT2D eigenvalue weighted by Crippen LogP contribution is 2.19. The second-order valence-corrected chi connectivity index (χ2v) is 8.44. The number of carbonyl (C=O) groups is 1. The molecule has 7 heteroatoms. The number of hydrogen-bond donors (Lipinski definition) is 2. The molecule has 1 aliphatic rings. The number of amides is 1. The van der Waals surface area contributed by atoms with Gasteiger partial charge in [-0.15, -0.1) is 24.8 Å². The van der Waals surface area contributed by atoms with Crippen LogP contribution in [0, 0.1) is 5.41 Å². The number of piperidine rings is 1. The van der Waals surface area contributed by atoms with Gasteiger partial charge in [-0.3, -0.25) is 9.69 Å². The first-order valence-electron chi connectivity index (χ1n) is 8.28. The predicted molar refractivity (Wildman–Crippen MR) is 113 cm³/mol. The van der Waals surface area contributed by atoms with E-state index in [1.165, 1.54) is 5.56 Å². The maximum Gasteiger partial charge on any atom is 0.237 e. The Bertz CT molecular complexity index is 526. The zero-order valence-electron chi connectivity index (χ0n) is 15.1. The quantitative estimate of drug-likeness (QED) is 0.728. The largest absolute Gasteiger partial charge is 0.352 e. The van der Waals surface area contributed by atoms with Gasteiger partial charge >= 0.3 is 0 Å². The summed E-state index contributed by atoms with van der Waals surface area (Å²) in [6.45, 7) is 8.97. The maximum absolute atomic E-state index is 12.2. The molecule has 4 nitrogen and oxygen atoms in total. The van der Waals surface area contributed by atoms with Gasteiger partial charge in [0.15, 0.2) is 0 Å². The fourth-order valence-corrected chi connectivity index (χ4v) is 3.03. The Morgan fingerprint density at radius 2 is 1.76 bits per heavy atom. The molecule has 2 rings (SSSR count). The average molecular weight is 455 g/mol. The third-order valence-corrected chi connectivity index (χ3v) is 5.00. The van der Waals surface area contributed by atoms with E-state index in [9.17, 15) is 4.79 Å². The van der Waals surface area contributed by atoms with Crippen molar-refractivity contribution >= 4 is 46.7 Å². The fraction of sp³-hybridized carbons (Fsp3) is 0.611. The molecule has 1 fully saturated rings. The van der Waals surface area contributed by atoms with Crippen LogP contribution < -0.4 is 11.1 Å². The van der Waals surface area contributed by atoms with Crippen LogP contribution in [-0.4, -0.2) is 36.0 Å². The molecule has 3 N–H and O–H groups in total. The molecule has 0 unspecified atom stereocenters. The number of nitrogens with zero attached hydrogens (tertiary/aromatic N) is 1. The molecular weight excluding hydrogens is 425 g/mol. The Labute approximate surface area is 172 Å². The van der Waals surface area contributed by atoms with Crippen molar-refractivity contribution in [1.29, 1.82) is 0 Å². The second kappa shape index (κ2) is 10.7. The van der Waals surface area contributed by atoms with Crippen LogP contribution in [0.3, 0.4) is 0 Å². The van der Waals surface area contributed by atoms with Crippen molar-refractivity contribution < 1.29 is 4.79 Å². The monoisotopic (exact) mass is 453 g/mol. The topological polar surface area (TPSA) is 58.4 Å². The Hall–Kier alpha value is -0.330. The van der Waals surface area contributed by atoms with Gasteiger partial charge in [0.05, 0.1) is 6.04 Å². The molecular formula is C18H30BrCl2N3O. The van der Waals surface area contributed by atoms with E-state index < -0.39 is 6.04 Å². The van der Waals surface area contributed by atoms with Gasteiger partial charge in [0, 0.05) is 30.1 Å². The van der Waals surface area contributed by atoms with E-state index >= 15 is 0 Å². The van der Waals surface area contributed by atoms with E-state index in [1.807, 2.05) is 20.8 Å². The Morgan fingerprint density at radius 3 is 2.24 bits per heavy atom. The molecule has 1 heterocycles. The summed E-state index contributed by atoms with van der Waals surface area (Å²) in [5, 5.41) is 3.12. The van der Waals surface area contributed by atoms with Gasteiger partial charge in [-0.05, 0) is 36.0 Å². The van der Waals surface area contributed by atoms with E-state index in [1.54, 1.807) is 0 Å². The normalized spacial score (nSPS) is 17.2. The van der Waals surface area contributed by atoms with Crippen molar-refractivity contribution in [1.82, 2.24) is 10.2 Å². The molecule has 1 saturated heterocycles. The Balaban J connectivity index is 0.00000288. The minimum atomic E-state index is -0.455. The summed E-state index contributed by atoms with van der Waals surface area (Å²) in [6, 6.07) is 8.26. The lowest BCUT2D eigenvalue weighted by Crippen LogP contribution is -2.53. The molecule has 0 aromatic heterocycles. The van der Waals surface area contributed by atoms with Gasteiger partial charge < -0.3 is 11.1 Å². The molecule has 0 radical (unpaired) electrons. The number of halogens is 3. The van der Waals surface area contributed by atoms with Crippen molar-refractivity contribution in [3.63, 3.8) is 0 Å². The number of carbonyl (C=O) groups excluding carboxylic acids is 1.